The van der Waals surface area contributed by atoms with E-state index in [4.69, 9.17) is 10.5 Å². The first-order valence-corrected chi connectivity index (χ1v) is 6.71. The number of nitriles is 2. The van der Waals surface area contributed by atoms with Crippen LogP contribution in [0.25, 0.3) is 0 Å². The summed E-state index contributed by atoms with van der Waals surface area (Å²) in [6.45, 7) is 7.02. The van der Waals surface area contributed by atoms with E-state index in [1.54, 1.807) is 11.9 Å². The van der Waals surface area contributed by atoms with Crippen LogP contribution < -0.4 is 0 Å². The standard InChI is InChI=1S/C14H24N4O/c1-13(2)12-18(10-5-8-16)11-6-14(19)17(3)9-4-7-15/h13H,4-6,9-12H2,1-3H3. The van der Waals surface area contributed by atoms with E-state index >= 15 is 0 Å². The molecule has 5 nitrogen and oxygen atoms in total. The molecule has 0 saturated heterocycles. The number of amides is 1. The van der Waals surface area contributed by atoms with Gasteiger partial charge in [0.1, 0.15) is 0 Å². The van der Waals surface area contributed by atoms with Crippen LogP contribution in [0.1, 0.15) is 33.1 Å². The minimum Gasteiger partial charge on any atom is -0.345 e. The molecule has 0 bridgehead atoms. The summed E-state index contributed by atoms with van der Waals surface area (Å²) in [5, 5.41) is 17.1. The molecular formula is C14H24N4O. The monoisotopic (exact) mass is 264 g/mol. The molecule has 0 aliphatic carbocycles. The van der Waals surface area contributed by atoms with E-state index in [-0.39, 0.29) is 5.91 Å². The number of carbonyl (C=O) groups excluding carboxylic acids is 1. The average molecular weight is 264 g/mol. The lowest BCUT2D eigenvalue weighted by atomic mass is 10.2. The fraction of sp³-hybridized carbons (Fsp3) is 0.786. The zero-order valence-electron chi connectivity index (χ0n) is 12.2. The van der Waals surface area contributed by atoms with Crippen molar-refractivity contribution in [2.45, 2.75) is 33.1 Å². The highest BCUT2D eigenvalue weighted by Gasteiger charge is 2.12. The number of carbonyl (C=O) groups is 1. The second-order valence-corrected chi connectivity index (χ2v) is 5.08. The fourth-order valence-corrected chi connectivity index (χ4v) is 1.81. The number of rotatable bonds is 9. The molecule has 1 amide bonds. The molecule has 0 fully saturated rings. The summed E-state index contributed by atoms with van der Waals surface area (Å²) < 4.78 is 0. The van der Waals surface area contributed by atoms with Crippen LogP contribution in [0.15, 0.2) is 0 Å². The van der Waals surface area contributed by atoms with Gasteiger partial charge in [0.05, 0.1) is 18.6 Å². The topological polar surface area (TPSA) is 71.1 Å². The first-order chi connectivity index (χ1) is 9.01. The molecule has 0 unspecified atom stereocenters. The molecule has 5 heteroatoms. The lowest BCUT2D eigenvalue weighted by Crippen LogP contribution is -2.34. The summed E-state index contributed by atoms with van der Waals surface area (Å²) in [5.74, 6) is 0.575. The Morgan fingerprint density at radius 1 is 1.11 bits per heavy atom. The Bertz CT molecular complexity index is 340. The molecule has 106 valence electrons. The van der Waals surface area contributed by atoms with E-state index in [9.17, 15) is 4.79 Å². The molecule has 0 radical (unpaired) electrons. The van der Waals surface area contributed by atoms with Gasteiger partial charge in [-0.2, -0.15) is 10.5 Å². The number of nitrogens with zero attached hydrogens (tertiary/aromatic N) is 4. The molecule has 0 aliphatic heterocycles. The molecule has 0 spiro atoms. The molecule has 0 rings (SSSR count). The Morgan fingerprint density at radius 3 is 2.21 bits per heavy atom. The molecule has 0 aromatic heterocycles. The molecule has 0 aliphatic rings. The Kier molecular flexibility index (Phi) is 9.48. The van der Waals surface area contributed by atoms with Crippen LogP contribution >= 0.6 is 0 Å². The van der Waals surface area contributed by atoms with E-state index in [1.807, 2.05) is 6.07 Å². The molecule has 0 aromatic carbocycles. The Balaban J connectivity index is 4.11. The van der Waals surface area contributed by atoms with Crippen molar-refractivity contribution in [2.75, 3.05) is 33.2 Å². The van der Waals surface area contributed by atoms with Crippen LogP contribution in [-0.4, -0.2) is 48.9 Å². The van der Waals surface area contributed by atoms with Gasteiger partial charge in [0, 0.05) is 46.1 Å². The van der Waals surface area contributed by atoms with Crippen molar-refractivity contribution in [1.82, 2.24) is 9.80 Å². The van der Waals surface area contributed by atoms with Crippen LogP contribution in [0, 0.1) is 28.6 Å². The maximum atomic E-state index is 11.8. The van der Waals surface area contributed by atoms with Gasteiger partial charge in [0.25, 0.3) is 0 Å². The largest absolute Gasteiger partial charge is 0.345 e. The minimum atomic E-state index is 0.0564. The SMILES string of the molecule is CC(C)CN(CCC#N)CCC(=O)N(C)CCC#N. The van der Waals surface area contributed by atoms with Gasteiger partial charge in [-0.05, 0) is 5.92 Å². The molecular weight excluding hydrogens is 240 g/mol. The van der Waals surface area contributed by atoms with Gasteiger partial charge in [0.15, 0.2) is 0 Å². The minimum absolute atomic E-state index is 0.0564. The fourth-order valence-electron chi connectivity index (χ4n) is 1.81. The van der Waals surface area contributed by atoms with Crippen LogP contribution in [0.4, 0.5) is 0 Å². The van der Waals surface area contributed by atoms with E-state index in [1.165, 1.54) is 0 Å². The highest BCUT2D eigenvalue weighted by atomic mass is 16.2. The summed E-state index contributed by atoms with van der Waals surface area (Å²) in [5.41, 5.74) is 0. The third-order valence-electron chi connectivity index (χ3n) is 2.79. The lowest BCUT2D eigenvalue weighted by molar-refractivity contribution is -0.130. The quantitative estimate of drug-likeness (QED) is 0.634. The van der Waals surface area contributed by atoms with Crippen molar-refractivity contribution in [3.63, 3.8) is 0 Å². The Hall–Kier alpha value is -1.59. The predicted molar refractivity (Wildman–Crippen MR) is 74.0 cm³/mol. The molecule has 19 heavy (non-hydrogen) atoms. The molecule has 0 aromatic rings. The van der Waals surface area contributed by atoms with Gasteiger partial charge in [-0.3, -0.25) is 4.79 Å². The van der Waals surface area contributed by atoms with E-state index in [2.05, 4.69) is 24.8 Å². The van der Waals surface area contributed by atoms with Crippen LogP contribution in [0.5, 0.6) is 0 Å². The first-order valence-electron chi connectivity index (χ1n) is 6.71. The zero-order valence-corrected chi connectivity index (χ0v) is 12.2. The van der Waals surface area contributed by atoms with Crippen molar-refractivity contribution in [3.05, 3.63) is 0 Å². The third-order valence-corrected chi connectivity index (χ3v) is 2.79. The second-order valence-electron chi connectivity index (χ2n) is 5.08. The van der Waals surface area contributed by atoms with Gasteiger partial charge < -0.3 is 9.80 Å². The average Bonchev–Trinajstić information content (AvgIpc) is 2.38. The van der Waals surface area contributed by atoms with Crippen LogP contribution in [-0.2, 0) is 4.79 Å². The Labute approximate surface area is 116 Å². The zero-order chi connectivity index (χ0) is 14.7. The maximum Gasteiger partial charge on any atom is 0.223 e. The predicted octanol–water partition coefficient (Wildman–Crippen LogP) is 1.62. The van der Waals surface area contributed by atoms with Crippen molar-refractivity contribution in [1.29, 1.82) is 10.5 Å². The summed E-state index contributed by atoms with van der Waals surface area (Å²) in [6, 6.07) is 4.17. The smallest absolute Gasteiger partial charge is 0.223 e. The molecule has 0 heterocycles. The van der Waals surface area contributed by atoms with Gasteiger partial charge in [-0.1, -0.05) is 13.8 Å². The maximum absolute atomic E-state index is 11.8. The van der Waals surface area contributed by atoms with Gasteiger partial charge in [-0.25, -0.2) is 0 Å². The van der Waals surface area contributed by atoms with Crippen LogP contribution in [0.3, 0.4) is 0 Å². The summed E-state index contributed by atoms with van der Waals surface area (Å²) in [4.78, 5) is 15.6. The molecule has 0 N–H and O–H groups in total. The van der Waals surface area contributed by atoms with E-state index < -0.39 is 0 Å². The summed E-state index contributed by atoms with van der Waals surface area (Å²) in [6.07, 6.45) is 1.30. The van der Waals surface area contributed by atoms with Crippen LogP contribution in [0.2, 0.25) is 0 Å². The van der Waals surface area contributed by atoms with E-state index in [0.717, 1.165) is 6.54 Å². The number of hydrogen-bond donors (Lipinski definition) is 0. The van der Waals surface area contributed by atoms with Gasteiger partial charge >= 0.3 is 0 Å². The normalized spacial score (nSPS) is 10.3. The highest BCUT2D eigenvalue weighted by Crippen LogP contribution is 2.03. The number of hydrogen-bond acceptors (Lipinski definition) is 4. The third kappa shape index (κ3) is 9.04. The Morgan fingerprint density at radius 2 is 1.68 bits per heavy atom. The van der Waals surface area contributed by atoms with Crippen molar-refractivity contribution in [2.24, 2.45) is 5.92 Å². The molecule has 0 atom stereocenters. The lowest BCUT2D eigenvalue weighted by Gasteiger charge is -2.24. The van der Waals surface area contributed by atoms with Crippen molar-refractivity contribution >= 4 is 5.91 Å². The van der Waals surface area contributed by atoms with Crippen molar-refractivity contribution < 1.29 is 4.79 Å². The second kappa shape index (κ2) is 10.3. The highest BCUT2D eigenvalue weighted by molar-refractivity contribution is 5.76. The summed E-state index contributed by atoms with van der Waals surface area (Å²) in [7, 11) is 1.72. The van der Waals surface area contributed by atoms with E-state index in [0.29, 0.717) is 44.8 Å². The van der Waals surface area contributed by atoms with Gasteiger partial charge in [-0.15, -0.1) is 0 Å². The van der Waals surface area contributed by atoms with Crippen molar-refractivity contribution in [3.8, 4) is 12.1 Å². The van der Waals surface area contributed by atoms with Gasteiger partial charge in [0.2, 0.25) is 5.91 Å². The summed E-state index contributed by atoms with van der Waals surface area (Å²) >= 11 is 0. The molecule has 0 saturated carbocycles. The first kappa shape index (κ1) is 17.4.